The first-order valence-corrected chi connectivity index (χ1v) is 7.75. The zero-order valence-corrected chi connectivity index (χ0v) is 12.0. The third-order valence-corrected chi connectivity index (χ3v) is 4.02. The molecule has 0 amide bonds. The van der Waals surface area contributed by atoms with Gasteiger partial charge in [-0.3, -0.25) is 0 Å². The number of rotatable bonds is 9. The van der Waals surface area contributed by atoms with Crippen molar-refractivity contribution in [1.29, 1.82) is 0 Å². The summed E-state index contributed by atoms with van der Waals surface area (Å²) in [7, 11) is 2.31. The molecular weight excluding hydrogens is 208 g/mol. The summed E-state index contributed by atoms with van der Waals surface area (Å²) in [4.78, 5) is 2.59. The largest absolute Gasteiger partial charge is 0.317 e. The monoisotopic (exact) mass is 240 g/mol. The summed E-state index contributed by atoms with van der Waals surface area (Å²) in [5.41, 5.74) is 0. The molecule has 0 spiro atoms. The average Bonchev–Trinajstić information content (AvgIpc) is 2.38. The van der Waals surface area contributed by atoms with Gasteiger partial charge in [-0.2, -0.15) is 0 Å². The van der Waals surface area contributed by atoms with Crippen LogP contribution in [0.4, 0.5) is 0 Å². The second kappa shape index (κ2) is 9.90. The first-order valence-electron chi connectivity index (χ1n) is 7.75. The van der Waals surface area contributed by atoms with Gasteiger partial charge in [-0.25, -0.2) is 0 Å². The maximum atomic E-state index is 3.55. The highest BCUT2D eigenvalue weighted by Gasteiger charge is 2.16. The normalized spacial score (nSPS) is 17.8. The fraction of sp³-hybridized carbons (Fsp3) is 1.00. The van der Waals surface area contributed by atoms with Crippen molar-refractivity contribution in [1.82, 2.24) is 10.2 Å². The Morgan fingerprint density at radius 1 is 1.00 bits per heavy atom. The van der Waals surface area contributed by atoms with Crippen LogP contribution in [-0.4, -0.2) is 37.6 Å². The van der Waals surface area contributed by atoms with Crippen LogP contribution in [0.3, 0.4) is 0 Å². The van der Waals surface area contributed by atoms with Crippen LogP contribution < -0.4 is 5.32 Å². The fourth-order valence-corrected chi connectivity index (χ4v) is 2.78. The predicted octanol–water partition coefficient (Wildman–Crippen LogP) is 3.42. The van der Waals surface area contributed by atoms with Crippen molar-refractivity contribution in [2.45, 2.75) is 70.8 Å². The molecule has 0 bridgehead atoms. The van der Waals surface area contributed by atoms with E-state index in [0.717, 1.165) is 6.04 Å². The number of nitrogens with one attached hydrogen (secondary N) is 1. The summed E-state index contributed by atoms with van der Waals surface area (Å²) in [6, 6.07) is 0.879. The minimum Gasteiger partial charge on any atom is -0.317 e. The van der Waals surface area contributed by atoms with Crippen LogP contribution in [0.5, 0.6) is 0 Å². The SMILES string of the molecule is CCCCCNCCCN(C)C1CCCCC1. The summed E-state index contributed by atoms with van der Waals surface area (Å²) in [6.07, 6.45) is 12.6. The van der Waals surface area contributed by atoms with Gasteiger partial charge in [0.25, 0.3) is 0 Å². The quantitative estimate of drug-likeness (QED) is 0.621. The summed E-state index contributed by atoms with van der Waals surface area (Å²) < 4.78 is 0. The molecular formula is C15H32N2. The van der Waals surface area contributed by atoms with Crippen LogP contribution in [0.15, 0.2) is 0 Å². The third-order valence-electron chi connectivity index (χ3n) is 4.02. The Hall–Kier alpha value is -0.0800. The molecule has 0 aromatic rings. The molecule has 1 N–H and O–H groups in total. The Labute approximate surface area is 108 Å². The fourth-order valence-electron chi connectivity index (χ4n) is 2.78. The lowest BCUT2D eigenvalue weighted by Gasteiger charge is -2.31. The number of unbranched alkanes of at least 4 members (excludes halogenated alkanes) is 2. The van der Waals surface area contributed by atoms with Crippen molar-refractivity contribution < 1.29 is 0 Å². The molecule has 0 heterocycles. The predicted molar refractivity (Wildman–Crippen MR) is 76.5 cm³/mol. The molecule has 1 aliphatic carbocycles. The molecule has 2 heteroatoms. The lowest BCUT2D eigenvalue weighted by atomic mass is 9.94. The van der Waals surface area contributed by atoms with Gasteiger partial charge in [-0.05, 0) is 52.4 Å². The van der Waals surface area contributed by atoms with E-state index in [1.807, 2.05) is 0 Å². The van der Waals surface area contributed by atoms with Gasteiger partial charge in [0.1, 0.15) is 0 Å². The maximum absolute atomic E-state index is 3.55. The van der Waals surface area contributed by atoms with Crippen molar-refractivity contribution in [2.75, 3.05) is 26.7 Å². The second-order valence-corrected chi connectivity index (χ2v) is 5.58. The Morgan fingerprint density at radius 2 is 1.71 bits per heavy atom. The highest BCUT2D eigenvalue weighted by molar-refractivity contribution is 4.73. The van der Waals surface area contributed by atoms with Crippen LogP contribution in [0.1, 0.15) is 64.7 Å². The zero-order chi connectivity index (χ0) is 12.3. The minimum absolute atomic E-state index is 0.879. The van der Waals surface area contributed by atoms with Gasteiger partial charge in [-0.15, -0.1) is 0 Å². The Balaban J connectivity index is 1.90. The lowest BCUT2D eigenvalue weighted by Crippen LogP contribution is -2.35. The molecule has 0 aromatic heterocycles. The molecule has 0 radical (unpaired) electrons. The van der Waals surface area contributed by atoms with E-state index in [-0.39, 0.29) is 0 Å². The Kier molecular flexibility index (Phi) is 8.72. The molecule has 1 saturated carbocycles. The van der Waals surface area contributed by atoms with Gasteiger partial charge in [0.15, 0.2) is 0 Å². The molecule has 1 rings (SSSR count). The Morgan fingerprint density at radius 3 is 2.41 bits per heavy atom. The van der Waals surface area contributed by atoms with E-state index in [9.17, 15) is 0 Å². The maximum Gasteiger partial charge on any atom is 0.00922 e. The second-order valence-electron chi connectivity index (χ2n) is 5.58. The van der Waals surface area contributed by atoms with Gasteiger partial charge < -0.3 is 10.2 Å². The van der Waals surface area contributed by atoms with E-state index < -0.39 is 0 Å². The van der Waals surface area contributed by atoms with Gasteiger partial charge in [0.2, 0.25) is 0 Å². The number of nitrogens with zero attached hydrogens (tertiary/aromatic N) is 1. The van der Waals surface area contributed by atoms with Crippen LogP contribution in [0.2, 0.25) is 0 Å². The third kappa shape index (κ3) is 7.05. The van der Waals surface area contributed by atoms with Gasteiger partial charge in [0.05, 0.1) is 0 Å². The van der Waals surface area contributed by atoms with Gasteiger partial charge in [-0.1, -0.05) is 39.0 Å². The molecule has 0 saturated heterocycles. The van der Waals surface area contributed by atoms with E-state index in [4.69, 9.17) is 0 Å². The van der Waals surface area contributed by atoms with Crippen LogP contribution in [-0.2, 0) is 0 Å². The molecule has 17 heavy (non-hydrogen) atoms. The highest BCUT2D eigenvalue weighted by Crippen LogP contribution is 2.21. The lowest BCUT2D eigenvalue weighted by molar-refractivity contribution is 0.189. The van der Waals surface area contributed by atoms with Crippen LogP contribution in [0.25, 0.3) is 0 Å². The summed E-state index contributed by atoms with van der Waals surface area (Å²) in [6.45, 7) is 5.94. The molecule has 102 valence electrons. The van der Waals surface area contributed by atoms with Crippen molar-refractivity contribution in [2.24, 2.45) is 0 Å². The van der Waals surface area contributed by atoms with Crippen molar-refractivity contribution in [3.63, 3.8) is 0 Å². The molecule has 2 nitrogen and oxygen atoms in total. The minimum atomic E-state index is 0.879. The van der Waals surface area contributed by atoms with Crippen LogP contribution in [0, 0.1) is 0 Å². The molecule has 1 fully saturated rings. The standard InChI is InChI=1S/C15H32N2/c1-3-4-8-12-16-13-9-14-17(2)15-10-6-5-7-11-15/h15-16H,3-14H2,1-2H3. The van der Waals surface area contributed by atoms with Crippen molar-refractivity contribution in [3.05, 3.63) is 0 Å². The van der Waals surface area contributed by atoms with Crippen molar-refractivity contribution in [3.8, 4) is 0 Å². The number of hydrogen-bond donors (Lipinski definition) is 1. The highest BCUT2D eigenvalue weighted by atomic mass is 15.1. The van der Waals surface area contributed by atoms with E-state index in [0.29, 0.717) is 0 Å². The summed E-state index contributed by atoms with van der Waals surface area (Å²) in [5, 5.41) is 3.55. The molecule has 0 aromatic carbocycles. The molecule has 0 atom stereocenters. The summed E-state index contributed by atoms with van der Waals surface area (Å²) >= 11 is 0. The first-order chi connectivity index (χ1) is 8.34. The Bertz CT molecular complexity index is 164. The van der Waals surface area contributed by atoms with E-state index in [1.54, 1.807) is 0 Å². The van der Waals surface area contributed by atoms with Gasteiger partial charge in [0, 0.05) is 6.04 Å². The van der Waals surface area contributed by atoms with E-state index in [2.05, 4.69) is 24.2 Å². The van der Waals surface area contributed by atoms with E-state index in [1.165, 1.54) is 77.4 Å². The van der Waals surface area contributed by atoms with Gasteiger partial charge >= 0.3 is 0 Å². The first kappa shape index (κ1) is 15.0. The van der Waals surface area contributed by atoms with Crippen molar-refractivity contribution >= 4 is 0 Å². The topological polar surface area (TPSA) is 15.3 Å². The van der Waals surface area contributed by atoms with Crippen LogP contribution >= 0.6 is 0 Å². The zero-order valence-electron chi connectivity index (χ0n) is 12.0. The smallest absolute Gasteiger partial charge is 0.00922 e. The van der Waals surface area contributed by atoms with E-state index >= 15 is 0 Å². The average molecular weight is 240 g/mol. The number of hydrogen-bond acceptors (Lipinski definition) is 2. The molecule has 0 aliphatic heterocycles. The molecule has 0 unspecified atom stereocenters. The summed E-state index contributed by atoms with van der Waals surface area (Å²) in [5.74, 6) is 0. The molecule has 1 aliphatic rings.